The molecule has 8 heteroatoms. The van der Waals surface area contributed by atoms with Crippen molar-refractivity contribution < 1.29 is 4.52 Å². The first-order chi connectivity index (χ1) is 12.3. The van der Waals surface area contributed by atoms with E-state index in [1.165, 1.54) is 0 Å². The second-order valence-corrected chi connectivity index (χ2v) is 7.98. The predicted molar refractivity (Wildman–Crippen MR) is 97.4 cm³/mol. The van der Waals surface area contributed by atoms with Crippen LogP contribution >= 0.6 is 0 Å². The average molecular weight is 356 g/mol. The third-order valence-electron chi connectivity index (χ3n) is 4.89. The number of hydrogen-bond donors (Lipinski definition) is 2. The Morgan fingerprint density at radius 2 is 2.00 bits per heavy atom. The van der Waals surface area contributed by atoms with Gasteiger partial charge in [-0.2, -0.15) is 10.1 Å². The van der Waals surface area contributed by atoms with E-state index in [-0.39, 0.29) is 11.0 Å². The molecule has 0 aromatic carbocycles. The minimum atomic E-state index is -0.216. The van der Waals surface area contributed by atoms with Crippen LogP contribution in [-0.2, 0) is 5.41 Å². The van der Waals surface area contributed by atoms with Gasteiger partial charge in [0, 0.05) is 17.4 Å². The van der Waals surface area contributed by atoms with Crippen molar-refractivity contribution in [3.8, 4) is 11.5 Å². The molecule has 0 aliphatic carbocycles. The van der Waals surface area contributed by atoms with Gasteiger partial charge in [0.05, 0.1) is 11.4 Å². The van der Waals surface area contributed by atoms with Crippen molar-refractivity contribution in [1.82, 2.24) is 30.1 Å². The zero-order valence-corrected chi connectivity index (χ0v) is 15.6. The van der Waals surface area contributed by atoms with E-state index < -0.39 is 0 Å². The lowest BCUT2D eigenvalue weighted by Crippen LogP contribution is -2.28. The summed E-state index contributed by atoms with van der Waals surface area (Å²) in [5.74, 6) is 1.32. The van der Waals surface area contributed by atoms with Gasteiger partial charge in [-0.05, 0) is 32.9 Å². The Balaban J connectivity index is 1.89. The number of hydrogen-bond acceptors (Lipinski definition) is 6. The topological polar surface area (TPSA) is 101 Å². The molecule has 1 aliphatic rings. The van der Waals surface area contributed by atoms with Crippen molar-refractivity contribution in [2.75, 3.05) is 13.1 Å². The van der Waals surface area contributed by atoms with Crippen molar-refractivity contribution in [2.24, 2.45) is 0 Å². The minimum Gasteiger partial charge on any atom is -0.334 e. The lowest BCUT2D eigenvalue weighted by molar-refractivity contribution is 0.402. The zero-order valence-electron chi connectivity index (χ0n) is 15.6. The van der Waals surface area contributed by atoms with E-state index in [9.17, 15) is 4.79 Å². The van der Waals surface area contributed by atoms with E-state index in [1.54, 1.807) is 6.07 Å². The maximum Gasteiger partial charge on any atom is 0.263 e. The van der Waals surface area contributed by atoms with E-state index >= 15 is 0 Å². The highest BCUT2D eigenvalue weighted by Gasteiger charge is 2.27. The normalized spacial score (nSPS) is 16.5. The molecule has 8 nitrogen and oxygen atoms in total. The summed E-state index contributed by atoms with van der Waals surface area (Å²) in [4.78, 5) is 19.8. The van der Waals surface area contributed by atoms with Crippen LogP contribution in [0.15, 0.2) is 15.4 Å². The smallest absolute Gasteiger partial charge is 0.263 e. The Morgan fingerprint density at radius 1 is 1.27 bits per heavy atom. The first kappa shape index (κ1) is 17.0. The van der Waals surface area contributed by atoms with E-state index in [0.29, 0.717) is 28.8 Å². The average Bonchev–Trinajstić information content (AvgIpc) is 3.18. The second-order valence-electron chi connectivity index (χ2n) is 7.98. The quantitative estimate of drug-likeness (QED) is 0.729. The Morgan fingerprint density at radius 3 is 2.65 bits per heavy atom. The third-order valence-corrected chi connectivity index (χ3v) is 4.89. The molecule has 0 saturated carbocycles. The molecule has 0 spiro atoms. The van der Waals surface area contributed by atoms with E-state index in [0.717, 1.165) is 37.3 Å². The molecule has 3 aromatic heterocycles. The molecule has 0 amide bonds. The first-order valence-corrected chi connectivity index (χ1v) is 9.02. The highest BCUT2D eigenvalue weighted by molar-refractivity contribution is 5.74. The monoisotopic (exact) mass is 356 g/mol. The molecule has 1 saturated heterocycles. The summed E-state index contributed by atoms with van der Waals surface area (Å²) in [5.41, 5.74) is 2.66. The maximum absolute atomic E-state index is 12.3. The molecule has 3 aromatic rings. The molecule has 138 valence electrons. The van der Waals surface area contributed by atoms with Gasteiger partial charge in [0.2, 0.25) is 0 Å². The number of nitrogens with zero attached hydrogens (tertiary/aromatic N) is 4. The number of fused-ring (bicyclic) bond motifs is 1. The van der Waals surface area contributed by atoms with Crippen LogP contribution in [-0.4, -0.2) is 37.8 Å². The first-order valence-electron chi connectivity index (χ1n) is 9.02. The van der Waals surface area contributed by atoms with Crippen molar-refractivity contribution in [2.45, 2.75) is 51.9 Å². The SMILES string of the molecule is Cc1nn2c(C3CCNCC3)cc(=O)[nH]c2c1-c1nc(C(C)(C)C)no1. The van der Waals surface area contributed by atoms with Crippen LogP contribution < -0.4 is 10.9 Å². The number of H-pyrrole nitrogens is 1. The van der Waals surface area contributed by atoms with Crippen molar-refractivity contribution in [3.05, 3.63) is 33.6 Å². The van der Waals surface area contributed by atoms with Crippen LogP contribution in [0.3, 0.4) is 0 Å². The summed E-state index contributed by atoms with van der Waals surface area (Å²) in [6.45, 7) is 9.88. The van der Waals surface area contributed by atoms with Crippen LogP contribution in [0.5, 0.6) is 0 Å². The summed E-state index contributed by atoms with van der Waals surface area (Å²) in [6.07, 6.45) is 1.98. The summed E-state index contributed by atoms with van der Waals surface area (Å²) in [5, 5.41) is 12.1. The Labute approximate surface area is 151 Å². The summed E-state index contributed by atoms with van der Waals surface area (Å²) >= 11 is 0. The Hall–Kier alpha value is -2.48. The second kappa shape index (κ2) is 6.05. The van der Waals surface area contributed by atoms with Crippen LogP contribution in [0.2, 0.25) is 0 Å². The zero-order chi connectivity index (χ0) is 18.5. The fraction of sp³-hybridized carbons (Fsp3) is 0.556. The third kappa shape index (κ3) is 2.84. The van der Waals surface area contributed by atoms with E-state index in [4.69, 9.17) is 4.52 Å². The van der Waals surface area contributed by atoms with Crippen molar-refractivity contribution in [1.29, 1.82) is 0 Å². The Kier molecular flexibility index (Phi) is 3.95. The molecule has 1 aliphatic heterocycles. The molecule has 2 N–H and O–H groups in total. The molecule has 0 bridgehead atoms. The van der Waals surface area contributed by atoms with Gasteiger partial charge in [-0.1, -0.05) is 25.9 Å². The van der Waals surface area contributed by atoms with Gasteiger partial charge in [0.15, 0.2) is 5.82 Å². The number of aromatic nitrogens is 5. The summed E-state index contributed by atoms with van der Waals surface area (Å²) in [6, 6.07) is 1.66. The molecule has 1 fully saturated rings. The number of aromatic amines is 1. The van der Waals surface area contributed by atoms with E-state index in [1.807, 2.05) is 32.2 Å². The van der Waals surface area contributed by atoms with Gasteiger partial charge < -0.3 is 14.8 Å². The minimum absolute atomic E-state index is 0.136. The van der Waals surface area contributed by atoms with Crippen LogP contribution in [0.25, 0.3) is 17.1 Å². The van der Waals surface area contributed by atoms with Gasteiger partial charge in [0.1, 0.15) is 11.2 Å². The van der Waals surface area contributed by atoms with Crippen LogP contribution in [0.1, 0.15) is 56.7 Å². The predicted octanol–water partition coefficient (Wildman–Crippen LogP) is 2.15. The highest BCUT2D eigenvalue weighted by Crippen LogP contribution is 2.31. The van der Waals surface area contributed by atoms with Gasteiger partial charge in [-0.25, -0.2) is 4.52 Å². The van der Waals surface area contributed by atoms with Gasteiger partial charge in [-0.3, -0.25) is 4.79 Å². The molecule has 0 unspecified atom stereocenters. The van der Waals surface area contributed by atoms with Gasteiger partial charge in [-0.15, -0.1) is 0 Å². The molecule has 26 heavy (non-hydrogen) atoms. The fourth-order valence-electron chi connectivity index (χ4n) is 3.47. The highest BCUT2D eigenvalue weighted by atomic mass is 16.5. The van der Waals surface area contributed by atoms with Crippen molar-refractivity contribution >= 4 is 5.65 Å². The van der Waals surface area contributed by atoms with Gasteiger partial charge in [0.25, 0.3) is 11.4 Å². The number of piperidine rings is 1. The van der Waals surface area contributed by atoms with Crippen molar-refractivity contribution in [3.63, 3.8) is 0 Å². The standard InChI is InChI=1S/C18H24N6O2/c1-10-14(16-21-17(23-26-16)18(2,3)4)15-20-13(25)9-12(24(15)22-10)11-5-7-19-8-6-11/h9,11,19H,5-8H2,1-4H3,(H,20,25). The number of rotatable bonds is 2. The number of aryl methyl sites for hydroxylation is 1. The van der Waals surface area contributed by atoms with Gasteiger partial charge >= 0.3 is 0 Å². The molecular weight excluding hydrogens is 332 g/mol. The lowest BCUT2D eigenvalue weighted by Gasteiger charge is -2.23. The Bertz CT molecular complexity index is 1000. The van der Waals surface area contributed by atoms with E-state index in [2.05, 4.69) is 25.5 Å². The molecule has 0 atom stereocenters. The number of nitrogens with one attached hydrogen (secondary N) is 2. The molecule has 0 radical (unpaired) electrons. The van der Waals surface area contributed by atoms with Crippen LogP contribution in [0, 0.1) is 6.92 Å². The summed E-state index contributed by atoms with van der Waals surface area (Å²) in [7, 11) is 0. The summed E-state index contributed by atoms with van der Waals surface area (Å²) < 4.78 is 7.34. The molecule has 4 heterocycles. The molecule has 4 rings (SSSR count). The fourth-order valence-corrected chi connectivity index (χ4v) is 3.47. The maximum atomic E-state index is 12.3. The van der Waals surface area contributed by atoms with Crippen LogP contribution in [0.4, 0.5) is 0 Å². The largest absolute Gasteiger partial charge is 0.334 e. The molecular formula is C18H24N6O2. The lowest BCUT2D eigenvalue weighted by atomic mass is 9.94.